The van der Waals surface area contributed by atoms with Crippen LogP contribution in [0.25, 0.3) is 0 Å². The molecule has 0 aliphatic heterocycles. The Morgan fingerprint density at radius 3 is 2.24 bits per heavy atom. The van der Waals surface area contributed by atoms with E-state index in [-0.39, 0.29) is 0 Å². The van der Waals surface area contributed by atoms with E-state index in [1.54, 1.807) is 31.4 Å². The van der Waals surface area contributed by atoms with E-state index >= 15 is 0 Å². The molecule has 0 radical (unpaired) electrons. The fraction of sp³-hybridized carbons (Fsp3) is 0.235. The van der Waals surface area contributed by atoms with Crippen LogP contribution in [0.15, 0.2) is 54.6 Å². The minimum absolute atomic E-state index is 0.422. The molecule has 0 aliphatic carbocycles. The molecule has 0 amide bonds. The Hall–Kier alpha value is -2.49. The van der Waals surface area contributed by atoms with Crippen LogP contribution >= 0.6 is 0 Å². The number of ether oxygens (including phenoxy) is 2. The smallest absolute Gasteiger partial charge is 0.344 e. The zero-order chi connectivity index (χ0) is 15.1. The predicted octanol–water partition coefficient (Wildman–Crippen LogP) is 3.16. The van der Waals surface area contributed by atoms with E-state index in [1.165, 1.54) is 0 Å². The minimum Gasteiger partial charge on any atom is -0.497 e. The average molecular weight is 286 g/mol. The summed E-state index contributed by atoms with van der Waals surface area (Å²) in [6.45, 7) is 0. The summed E-state index contributed by atoms with van der Waals surface area (Å²) in [5, 5.41) is 9.26. The first-order valence-electron chi connectivity index (χ1n) is 6.76. The van der Waals surface area contributed by atoms with Gasteiger partial charge in [-0.3, -0.25) is 0 Å². The van der Waals surface area contributed by atoms with Gasteiger partial charge >= 0.3 is 5.97 Å². The van der Waals surface area contributed by atoms with Gasteiger partial charge in [0.1, 0.15) is 11.5 Å². The van der Waals surface area contributed by atoms with Crippen molar-refractivity contribution in [3.8, 4) is 11.5 Å². The van der Waals surface area contributed by atoms with Crippen LogP contribution < -0.4 is 9.47 Å². The summed E-state index contributed by atoms with van der Waals surface area (Å²) in [6.07, 6.45) is 0.220. The van der Waals surface area contributed by atoms with Crippen molar-refractivity contribution >= 4 is 5.97 Å². The van der Waals surface area contributed by atoms with E-state index < -0.39 is 12.1 Å². The molecule has 21 heavy (non-hydrogen) atoms. The van der Waals surface area contributed by atoms with E-state index in [0.29, 0.717) is 24.3 Å². The molecule has 4 nitrogen and oxygen atoms in total. The summed E-state index contributed by atoms with van der Waals surface area (Å²) in [7, 11) is 1.58. The van der Waals surface area contributed by atoms with Gasteiger partial charge in [0.25, 0.3) is 0 Å². The number of carboxylic acid groups (broad SMARTS) is 1. The maximum Gasteiger partial charge on any atom is 0.344 e. The summed E-state index contributed by atoms with van der Waals surface area (Å²) in [5.74, 6) is 0.275. The fourth-order valence-electron chi connectivity index (χ4n) is 1.99. The zero-order valence-electron chi connectivity index (χ0n) is 11.9. The highest BCUT2D eigenvalue weighted by molar-refractivity contribution is 5.72. The number of aryl methyl sites for hydroxylation is 1. The van der Waals surface area contributed by atoms with Crippen LogP contribution in [0.1, 0.15) is 12.0 Å². The third-order valence-corrected chi connectivity index (χ3v) is 3.15. The molecule has 1 unspecified atom stereocenters. The Kier molecular flexibility index (Phi) is 5.21. The highest BCUT2D eigenvalue weighted by Gasteiger charge is 2.19. The van der Waals surface area contributed by atoms with E-state index in [1.807, 2.05) is 30.3 Å². The van der Waals surface area contributed by atoms with E-state index in [4.69, 9.17) is 9.47 Å². The van der Waals surface area contributed by atoms with E-state index in [9.17, 15) is 9.90 Å². The Morgan fingerprint density at radius 2 is 1.67 bits per heavy atom. The lowest BCUT2D eigenvalue weighted by Gasteiger charge is -2.15. The maximum absolute atomic E-state index is 11.3. The Bertz CT molecular complexity index is 563. The molecule has 110 valence electrons. The van der Waals surface area contributed by atoms with Gasteiger partial charge < -0.3 is 14.6 Å². The van der Waals surface area contributed by atoms with Crippen molar-refractivity contribution in [2.24, 2.45) is 0 Å². The molecular weight excluding hydrogens is 268 g/mol. The second-order valence-electron chi connectivity index (χ2n) is 4.64. The lowest BCUT2D eigenvalue weighted by atomic mass is 10.1. The summed E-state index contributed by atoms with van der Waals surface area (Å²) in [4.78, 5) is 11.3. The van der Waals surface area contributed by atoms with Crippen LogP contribution in [0, 0.1) is 0 Å². The second-order valence-corrected chi connectivity index (χ2v) is 4.64. The average Bonchev–Trinajstić information content (AvgIpc) is 2.52. The van der Waals surface area contributed by atoms with Crippen molar-refractivity contribution in [3.05, 3.63) is 60.2 Å². The predicted molar refractivity (Wildman–Crippen MR) is 79.8 cm³/mol. The van der Waals surface area contributed by atoms with Crippen molar-refractivity contribution in [1.82, 2.24) is 0 Å². The quantitative estimate of drug-likeness (QED) is 0.849. The molecule has 0 fully saturated rings. The van der Waals surface area contributed by atoms with Crippen molar-refractivity contribution in [2.45, 2.75) is 18.9 Å². The summed E-state index contributed by atoms with van der Waals surface area (Å²) in [6, 6.07) is 16.7. The molecule has 1 atom stereocenters. The van der Waals surface area contributed by atoms with Crippen molar-refractivity contribution in [2.75, 3.05) is 7.11 Å². The number of carbonyl (C=O) groups is 1. The lowest BCUT2D eigenvalue weighted by Crippen LogP contribution is -2.27. The first kappa shape index (κ1) is 14.9. The zero-order valence-corrected chi connectivity index (χ0v) is 11.9. The number of benzene rings is 2. The SMILES string of the molecule is COc1ccc(OC(CCc2ccccc2)C(=O)O)cc1. The second kappa shape index (κ2) is 7.33. The van der Waals surface area contributed by atoms with E-state index in [2.05, 4.69) is 0 Å². The molecule has 4 heteroatoms. The van der Waals surface area contributed by atoms with Crippen LogP contribution in [0.5, 0.6) is 11.5 Å². The van der Waals surface area contributed by atoms with Gasteiger partial charge in [-0.05, 0) is 42.7 Å². The number of rotatable bonds is 7. The molecule has 1 N–H and O–H groups in total. The van der Waals surface area contributed by atoms with Gasteiger partial charge in [0.05, 0.1) is 7.11 Å². The topological polar surface area (TPSA) is 55.8 Å². The van der Waals surface area contributed by atoms with Crippen molar-refractivity contribution < 1.29 is 19.4 Å². The van der Waals surface area contributed by atoms with Crippen LogP contribution in [0.2, 0.25) is 0 Å². The van der Waals surface area contributed by atoms with Gasteiger partial charge in [-0.15, -0.1) is 0 Å². The number of methoxy groups -OCH3 is 1. The number of carboxylic acids is 1. The standard InChI is InChI=1S/C17H18O4/c1-20-14-8-10-15(11-9-14)21-16(17(18)19)12-7-13-5-3-2-4-6-13/h2-6,8-11,16H,7,12H2,1H3,(H,18,19). The molecule has 0 bridgehead atoms. The highest BCUT2D eigenvalue weighted by Crippen LogP contribution is 2.19. The largest absolute Gasteiger partial charge is 0.497 e. The summed E-state index contributed by atoms with van der Waals surface area (Å²) < 4.78 is 10.6. The molecule has 0 saturated heterocycles. The Labute approximate surface area is 123 Å². The van der Waals surface area contributed by atoms with Gasteiger partial charge in [0, 0.05) is 0 Å². The van der Waals surface area contributed by atoms with Crippen LogP contribution in [0.4, 0.5) is 0 Å². The van der Waals surface area contributed by atoms with Gasteiger partial charge in [0.2, 0.25) is 0 Å². The van der Waals surface area contributed by atoms with Crippen molar-refractivity contribution in [3.63, 3.8) is 0 Å². The molecular formula is C17H18O4. The molecule has 0 heterocycles. The molecule has 0 aliphatic rings. The molecule has 0 saturated carbocycles. The molecule has 0 aromatic heterocycles. The Morgan fingerprint density at radius 1 is 1.05 bits per heavy atom. The maximum atomic E-state index is 11.3. The molecule has 2 aromatic carbocycles. The molecule has 0 spiro atoms. The first-order chi connectivity index (χ1) is 10.2. The molecule has 2 rings (SSSR count). The van der Waals surface area contributed by atoms with Gasteiger partial charge in [0.15, 0.2) is 6.10 Å². The fourth-order valence-corrected chi connectivity index (χ4v) is 1.99. The van der Waals surface area contributed by atoms with Crippen LogP contribution in [-0.2, 0) is 11.2 Å². The lowest BCUT2D eigenvalue weighted by molar-refractivity contribution is -0.145. The number of hydrogen-bond acceptors (Lipinski definition) is 3. The third kappa shape index (κ3) is 4.53. The first-order valence-corrected chi connectivity index (χ1v) is 6.76. The molecule has 2 aromatic rings. The minimum atomic E-state index is -0.957. The third-order valence-electron chi connectivity index (χ3n) is 3.15. The van der Waals surface area contributed by atoms with Gasteiger partial charge in [-0.2, -0.15) is 0 Å². The Balaban J connectivity index is 1.96. The van der Waals surface area contributed by atoms with Crippen LogP contribution in [-0.4, -0.2) is 24.3 Å². The van der Waals surface area contributed by atoms with Crippen molar-refractivity contribution in [1.29, 1.82) is 0 Å². The van der Waals surface area contributed by atoms with Gasteiger partial charge in [-0.1, -0.05) is 30.3 Å². The van der Waals surface area contributed by atoms with Crippen LogP contribution in [0.3, 0.4) is 0 Å². The summed E-state index contributed by atoms with van der Waals surface area (Å²) in [5.41, 5.74) is 1.10. The number of hydrogen-bond donors (Lipinski definition) is 1. The monoisotopic (exact) mass is 286 g/mol. The highest BCUT2D eigenvalue weighted by atomic mass is 16.5. The number of aliphatic carboxylic acids is 1. The van der Waals surface area contributed by atoms with E-state index in [0.717, 1.165) is 5.56 Å². The normalized spacial score (nSPS) is 11.7. The van der Waals surface area contributed by atoms with Gasteiger partial charge in [-0.25, -0.2) is 4.79 Å². The summed E-state index contributed by atoms with van der Waals surface area (Å²) >= 11 is 0.